The summed E-state index contributed by atoms with van der Waals surface area (Å²) in [6.07, 6.45) is 5.55. The summed E-state index contributed by atoms with van der Waals surface area (Å²) in [5.41, 5.74) is 6.85. The molecule has 0 N–H and O–H groups in total. The lowest BCUT2D eigenvalue weighted by Crippen LogP contribution is -2.22. The van der Waals surface area contributed by atoms with Crippen LogP contribution in [-0.2, 0) is 24.4 Å². The molecule has 1 heterocycles. The number of hydrogen-bond donors (Lipinski definition) is 0. The van der Waals surface area contributed by atoms with Gasteiger partial charge in [0.05, 0.1) is 26.7 Å². The smallest absolute Gasteiger partial charge is 0.121 e. The predicted octanol–water partition coefficient (Wildman–Crippen LogP) is 6.75. The molecule has 0 fully saturated rings. The zero-order valence-electron chi connectivity index (χ0n) is 24.5. The van der Waals surface area contributed by atoms with Crippen molar-refractivity contribution in [3.05, 3.63) is 132 Å². The van der Waals surface area contributed by atoms with Crippen molar-refractivity contribution >= 4 is 11.4 Å². The Morgan fingerprint density at radius 1 is 0.714 bits per heavy atom. The van der Waals surface area contributed by atoms with Crippen LogP contribution < -0.4 is 19.3 Å². The van der Waals surface area contributed by atoms with Crippen LogP contribution in [0.5, 0.6) is 11.5 Å². The lowest BCUT2D eigenvalue weighted by molar-refractivity contribution is 0.0889. The molecule has 0 saturated carbocycles. The summed E-state index contributed by atoms with van der Waals surface area (Å²) in [6.45, 7) is 3.01. The summed E-state index contributed by atoms with van der Waals surface area (Å²) in [4.78, 5) is 8.60. The highest BCUT2D eigenvalue weighted by Crippen LogP contribution is 2.24. The topological polar surface area (TPSA) is 52.0 Å². The quantitative estimate of drug-likeness (QED) is 0.140. The van der Waals surface area contributed by atoms with Gasteiger partial charge in [0.2, 0.25) is 0 Å². The molecule has 0 spiro atoms. The predicted molar refractivity (Wildman–Crippen MR) is 169 cm³/mol. The number of methoxy groups -OCH3 is 1. The highest BCUT2D eigenvalue weighted by molar-refractivity contribution is 5.51. The van der Waals surface area contributed by atoms with E-state index in [1.807, 2.05) is 61.5 Å². The fraction of sp³-hybridized carbons (Fsp3) is 0.229. The minimum Gasteiger partial charge on any atom is -0.497 e. The number of ether oxygens (including phenoxy) is 3. The van der Waals surface area contributed by atoms with Crippen molar-refractivity contribution in [1.82, 2.24) is 9.55 Å². The van der Waals surface area contributed by atoms with E-state index in [2.05, 4.69) is 81.5 Å². The summed E-state index contributed by atoms with van der Waals surface area (Å²) in [7, 11) is 5.74. The maximum absolute atomic E-state index is 5.99. The van der Waals surface area contributed by atoms with Crippen LogP contribution in [-0.4, -0.2) is 44.0 Å². The van der Waals surface area contributed by atoms with E-state index >= 15 is 0 Å². The van der Waals surface area contributed by atoms with Gasteiger partial charge in [-0.1, -0.05) is 42.5 Å². The number of nitrogens with zero attached hydrogens (tertiary/aromatic N) is 4. The Morgan fingerprint density at radius 3 is 2.24 bits per heavy atom. The van der Waals surface area contributed by atoms with Crippen molar-refractivity contribution in [2.45, 2.75) is 19.7 Å². The van der Waals surface area contributed by atoms with E-state index in [0.29, 0.717) is 19.8 Å². The van der Waals surface area contributed by atoms with E-state index in [1.165, 1.54) is 11.1 Å². The van der Waals surface area contributed by atoms with Gasteiger partial charge in [-0.3, -0.25) is 0 Å². The zero-order valence-corrected chi connectivity index (χ0v) is 24.5. The molecule has 0 atom stereocenters. The molecular formula is C35H38N4O3. The van der Waals surface area contributed by atoms with E-state index in [1.54, 1.807) is 13.3 Å². The zero-order chi connectivity index (χ0) is 29.1. The number of rotatable bonds is 14. The van der Waals surface area contributed by atoms with Crippen molar-refractivity contribution in [3.8, 4) is 17.2 Å². The first-order chi connectivity index (χ1) is 20.6. The van der Waals surface area contributed by atoms with Crippen molar-refractivity contribution in [2.24, 2.45) is 0 Å². The van der Waals surface area contributed by atoms with E-state index in [-0.39, 0.29) is 0 Å². The summed E-state index contributed by atoms with van der Waals surface area (Å²) in [5.74, 6) is 1.70. The van der Waals surface area contributed by atoms with Gasteiger partial charge in [-0.05, 0) is 65.2 Å². The SMILES string of the molecule is COc1cccc(CN(Cc2ccc(-n3ccnc3)cc2)c2cccc(COCCOc3cccc(N(C)C)c3)c2)c1. The first kappa shape index (κ1) is 28.8. The molecule has 5 rings (SSSR count). The largest absolute Gasteiger partial charge is 0.497 e. The molecule has 5 aromatic rings. The van der Waals surface area contributed by atoms with Crippen molar-refractivity contribution in [1.29, 1.82) is 0 Å². The Labute approximate surface area is 248 Å². The minimum atomic E-state index is 0.494. The van der Waals surface area contributed by atoms with E-state index in [9.17, 15) is 0 Å². The van der Waals surface area contributed by atoms with Crippen LogP contribution in [0.4, 0.5) is 11.4 Å². The number of anilines is 2. The maximum Gasteiger partial charge on any atom is 0.121 e. The third-order valence-corrected chi connectivity index (χ3v) is 6.99. The Hall–Kier alpha value is -4.75. The lowest BCUT2D eigenvalue weighted by Gasteiger charge is -2.26. The average Bonchev–Trinajstić information content (AvgIpc) is 3.57. The second-order valence-electron chi connectivity index (χ2n) is 10.3. The molecule has 7 heteroatoms. The molecule has 216 valence electrons. The highest BCUT2D eigenvalue weighted by Gasteiger charge is 2.11. The minimum absolute atomic E-state index is 0.494. The molecule has 0 aliphatic rings. The van der Waals surface area contributed by atoms with Crippen LogP contribution in [0.1, 0.15) is 16.7 Å². The standard InChI is InChI=1S/C35H38N4O3/c1-37(2)32-9-6-12-35(23-32)42-20-19-41-26-30-8-4-10-33(21-30)39(25-29-7-5-11-34(22-29)40-3)24-28-13-15-31(16-14-28)38-18-17-36-27-38/h4-18,21-23,27H,19-20,24-26H2,1-3H3. The Morgan fingerprint density at radius 2 is 1.45 bits per heavy atom. The second kappa shape index (κ2) is 14.2. The molecule has 0 unspecified atom stereocenters. The van der Waals surface area contributed by atoms with E-state index in [4.69, 9.17) is 14.2 Å². The third-order valence-electron chi connectivity index (χ3n) is 6.99. The molecule has 0 amide bonds. The summed E-state index contributed by atoms with van der Waals surface area (Å²) in [5, 5.41) is 0. The summed E-state index contributed by atoms with van der Waals surface area (Å²) in [6, 6.07) is 33.5. The van der Waals surface area contributed by atoms with Gasteiger partial charge in [-0.15, -0.1) is 0 Å². The highest BCUT2D eigenvalue weighted by atomic mass is 16.5. The number of aromatic nitrogens is 2. The Bertz CT molecular complexity index is 1530. The van der Waals surface area contributed by atoms with Gasteiger partial charge in [-0.25, -0.2) is 4.98 Å². The van der Waals surface area contributed by atoms with Gasteiger partial charge in [-0.2, -0.15) is 0 Å². The van der Waals surface area contributed by atoms with Crippen LogP contribution >= 0.6 is 0 Å². The van der Waals surface area contributed by atoms with Crippen LogP contribution in [0, 0.1) is 0 Å². The molecule has 0 aliphatic heterocycles. The molecule has 0 aliphatic carbocycles. The summed E-state index contributed by atoms with van der Waals surface area (Å²) >= 11 is 0. The van der Waals surface area contributed by atoms with Crippen LogP contribution in [0.2, 0.25) is 0 Å². The van der Waals surface area contributed by atoms with Crippen molar-refractivity contribution in [3.63, 3.8) is 0 Å². The molecule has 42 heavy (non-hydrogen) atoms. The molecule has 0 radical (unpaired) electrons. The van der Waals surface area contributed by atoms with Gasteiger partial charge < -0.3 is 28.6 Å². The van der Waals surface area contributed by atoms with Gasteiger partial charge in [0.25, 0.3) is 0 Å². The molecule has 4 aromatic carbocycles. The average molecular weight is 563 g/mol. The first-order valence-corrected chi connectivity index (χ1v) is 14.1. The van der Waals surface area contributed by atoms with Crippen LogP contribution in [0.25, 0.3) is 5.69 Å². The fourth-order valence-corrected chi connectivity index (χ4v) is 4.74. The van der Waals surface area contributed by atoms with E-state index < -0.39 is 0 Å². The molecule has 0 saturated heterocycles. The molecular weight excluding hydrogens is 524 g/mol. The number of hydrogen-bond acceptors (Lipinski definition) is 6. The normalized spacial score (nSPS) is 10.8. The van der Waals surface area contributed by atoms with Crippen molar-refractivity contribution in [2.75, 3.05) is 44.2 Å². The molecule has 7 nitrogen and oxygen atoms in total. The summed E-state index contributed by atoms with van der Waals surface area (Å²) < 4.78 is 19.4. The van der Waals surface area contributed by atoms with Crippen LogP contribution in [0.15, 0.2) is 116 Å². The number of benzene rings is 4. The van der Waals surface area contributed by atoms with Gasteiger partial charge >= 0.3 is 0 Å². The van der Waals surface area contributed by atoms with E-state index in [0.717, 1.165) is 47.2 Å². The van der Waals surface area contributed by atoms with Crippen molar-refractivity contribution < 1.29 is 14.2 Å². The monoisotopic (exact) mass is 562 g/mol. The third kappa shape index (κ3) is 7.92. The Kier molecular flexibility index (Phi) is 9.75. The Balaban J connectivity index is 1.24. The lowest BCUT2D eigenvalue weighted by atomic mass is 10.1. The van der Waals surface area contributed by atoms with Gasteiger partial charge in [0, 0.05) is 62.7 Å². The van der Waals surface area contributed by atoms with Gasteiger partial charge in [0.1, 0.15) is 18.1 Å². The first-order valence-electron chi connectivity index (χ1n) is 14.1. The number of imidazole rings is 1. The maximum atomic E-state index is 5.99. The second-order valence-corrected chi connectivity index (χ2v) is 10.3. The fourth-order valence-electron chi connectivity index (χ4n) is 4.74. The molecule has 0 bridgehead atoms. The van der Waals surface area contributed by atoms with Gasteiger partial charge in [0.15, 0.2) is 0 Å². The molecule has 1 aromatic heterocycles. The van der Waals surface area contributed by atoms with Crippen LogP contribution in [0.3, 0.4) is 0 Å².